The largest absolute Gasteiger partial charge is 0.456 e. The minimum Gasteiger partial charge on any atom is -0.456 e. The molecule has 0 bridgehead atoms. The summed E-state index contributed by atoms with van der Waals surface area (Å²) < 4.78 is 13.2. The van der Waals surface area contributed by atoms with E-state index in [0.29, 0.717) is 0 Å². The predicted octanol–water partition coefficient (Wildman–Crippen LogP) is 27.1. The van der Waals surface area contributed by atoms with Gasteiger partial charge in [-0.05, 0) is 223 Å². The van der Waals surface area contributed by atoms with E-state index >= 15 is 0 Å². The number of rotatable bonds is 7. The summed E-state index contributed by atoms with van der Waals surface area (Å²) >= 11 is 0. The van der Waals surface area contributed by atoms with E-state index in [1.165, 1.54) is 123 Å². The molecular formula is C104H99BN2O2. The maximum Gasteiger partial charge on any atom is 0.252 e. The van der Waals surface area contributed by atoms with Crippen LogP contribution in [0.4, 0.5) is 34.1 Å². The Morgan fingerprint density at radius 3 is 1.04 bits per heavy atom. The average molecular weight is 1420 g/mol. The molecule has 3 aliphatic rings. The number of benzene rings is 13. The summed E-state index contributed by atoms with van der Waals surface area (Å²) in [6.07, 6.45) is 0.868. The first-order chi connectivity index (χ1) is 51.8. The van der Waals surface area contributed by atoms with Gasteiger partial charge < -0.3 is 18.6 Å². The monoisotopic (exact) mass is 1420 g/mol. The molecule has 0 atom stereocenters. The first kappa shape index (κ1) is 69.8. The molecule has 0 fully saturated rings. The molecule has 18 rings (SSSR count). The molecule has 540 valence electrons. The second kappa shape index (κ2) is 24.8. The van der Waals surface area contributed by atoms with Crippen molar-refractivity contribution in [2.24, 2.45) is 0 Å². The third-order valence-electron chi connectivity index (χ3n) is 24.1. The zero-order valence-electron chi connectivity index (χ0n) is 66.8. The summed E-state index contributed by atoms with van der Waals surface area (Å²) in [5, 5.41) is 4.44. The Labute approximate surface area is 645 Å². The third-order valence-corrected chi connectivity index (χ3v) is 24.1. The lowest BCUT2D eigenvalue weighted by Gasteiger charge is -2.47. The first-order valence-corrected chi connectivity index (χ1v) is 39.5. The minimum atomic E-state index is -0.355. The van der Waals surface area contributed by atoms with E-state index in [4.69, 9.17) is 8.83 Å². The number of para-hydroxylation sites is 2. The average Bonchev–Trinajstić information content (AvgIpc) is 0.834. The highest BCUT2D eigenvalue weighted by Crippen LogP contribution is 2.57. The van der Waals surface area contributed by atoms with Gasteiger partial charge in [0, 0.05) is 61.3 Å². The van der Waals surface area contributed by atoms with Crippen molar-refractivity contribution in [1.82, 2.24) is 0 Å². The number of furan rings is 2. The zero-order valence-corrected chi connectivity index (χ0v) is 66.8. The molecule has 0 amide bonds. The van der Waals surface area contributed by atoms with Gasteiger partial charge in [-0.1, -0.05) is 307 Å². The number of fused-ring (bicyclic) bond motifs is 12. The van der Waals surface area contributed by atoms with Crippen LogP contribution in [-0.4, -0.2) is 6.71 Å². The molecule has 2 aliphatic heterocycles. The fraction of sp³-hybridized carbons (Fsp3) is 0.250. The fourth-order valence-electron chi connectivity index (χ4n) is 18.0. The van der Waals surface area contributed by atoms with E-state index < -0.39 is 0 Å². The Morgan fingerprint density at radius 2 is 0.642 bits per heavy atom. The highest BCUT2D eigenvalue weighted by atomic mass is 16.3. The molecule has 13 aromatic carbocycles. The van der Waals surface area contributed by atoms with Gasteiger partial charge in [0.1, 0.15) is 22.3 Å². The van der Waals surface area contributed by atoms with E-state index in [9.17, 15) is 0 Å². The standard InChI is InChI=1S/C104H99BN2O2/c1-99(2,3)71-43-35-62(36-44-71)79-58-73(101(7,8)9)60-83(103(13,14)15)97(79)106-87-54-66(64-41-49-93-81(52-64)77-31-23-25-33-91(77)108-93)39-47-85(87)105-86-48-40-67(65-42-50-94-82(53-65)78-32-24-26-34-92(78)109-94)55-88(86)107(90-57-70(56-89(106)96(90)105)95-75-29-21-19-27-68(75)51-69-28-20-22-30-76(69)95)98-80(63-37-45-72(46-38-63)100(4,5)6)59-74(102(10,11)12)61-84(98)104(16,17)18/h19-50,52-61,95H,51H2,1-18H3. The van der Waals surface area contributed by atoms with Crippen LogP contribution >= 0.6 is 0 Å². The van der Waals surface area contributed by atoms with Gasteiger partial charge in [-0.25, -0.2) is 0 Å². The second-order valence-electron chi connectivity index (χ2n) is 37.7. The molecule has 0 radical (unpaired) electrons. The molecule has 0 saturated carbocycles. The highest BCUT2D eigenvalue weighted by molar-refractivity contribution is 7.00. The van der Waals surface area contributed by atoms with Crippen LogP contribution in [0.3, 0.4) is 0 Å². The molecule has 109 heavy (non-hydrogen) atoms. The van der Waals surface area contributed by atoms with E-state index in [1.807, 2.05) is 0 Å². The summed E-state index contributed by atoms with van der Waals surface area (Å²) in [6, 6.07) is 99.1. The number of hydrogen-bond acceptors (Lipinski definition) is 4. The first-order valence-electron chi connectivity index (χ1n) is 39.5. The van der Waals surface area contributed by atoms with Crippen LogP contribution in [0.25, 0.3) is 88.4 Å². The van der Waals surface area contributed by atoms with Crippen LogP contribution in [0.5, 0.6) is 0 Å². The molecule has 0 N–H and O–H groups in total. The minimum absolute atomic E-state index is 0.0507. The van der Waals surface area contributed by atoms with Gasteiger partial charge >= 0.3 is 0 Å². The maximum atomic E-state index is 6.58. The van der Waals surface area contributed by atoms with Crippen molar-refractivity contribution in [3.8, 4) is 44.5 Å². The van der Waals surface area contributed by atoms with Crippen LogP contribution < -0.4 is 26.2 Å². The van der Waals surface area contributed by atoms with Crippen molar-refractivity contribution < 1.29 is 8.83 Å². The normalized spacial score (nSPS) is 14.0. The van der Waals surface area contributed by atoms with E-state index in [1.54, 1.807) is 0 Å². The van der Waals surface area contributed by atoms with Crippen LogP contribution in [0, 0.1) is 0 Å². The summed E-state index contributed by atoms with van der Waals surface area (Å²) in [7, 11) is 0. The Balaban J connectivity index is 1.03. The molecule has 1 aliphatic carbocycles. The highest BCUT2D eigenvalue weighted by Gasteiger charge is 2.48. The molecule has 4 nitrogen and oxygen atoms in total. The lowest BCUT2D eigenvalue weighted by atomic mass is 9.33. The molecule has 5 heteroatoms. The molecule has 0 saturated heterocycles. The van der Waals surface area contributed by atoms with Gasteiger partial charge in [-0.15, -0.1) is 0 Å². The van der Waals surface area contributed by atoms with E-state index in [2.05, 4.69) is 389 Å². The Morgan fingerprint density at radius 1 is 0.294 bits per heavy atom. The van der Waals surface area contributed by atoms with Crippen molar-refractivity contribution in [1.29, 1.82) is 0 Å². The van der Waals surface area contributed by atoms with Gasteiger partial charge in [-0.2, -0.15) is 0 Å². The topological polar surface area (TPSA) is 32.8 Å². The Bertz CT molecular complexity index is 5840. The smallest absolute Gasteiger partial charge is 0.252 e. The molecule has 15 aromatic rings. The van der Waals surface area contributed by atoms with Gasteiger partial charge in [0.05, 0.1) is 11.4 Å². The van der Waals surface area contributed by atoms with Crippen molar-refractivity contribution in [2.75, 3.05) is 9.80 Å². The van der Waals surface area contributed by atoms with E-state index in [0.717, 1.165) is 83.9 Å². The lowest BCUT2D eigenvalue weighted by Crippen LogP contribution is -2.61. The van der Waals surface area contributed by atoms with Crippen LogP contribution in [0.2, 0.25) is 0 Å². The Kier molecular flexibility index (Phi) is 15.9. The van der Waals surface area contributed by atoms with Crippen LogP contribution in [0.1, 0.15) is 192 Å². The maximum absolute atomic E-state index is 6.58. The number of anilines is 6. The molecule has 4 heterocycles. The zero-order chi connectivity index (χ0) is 75.9. The summed E-state index contributed by atoms with van der Waals surface area (Å²) in [5.41, 5.74) is 37.0. The Hall–Kier alpha value is -10.9. The van der Waals surface area contributed by atoms with Gasteiger partial charge in [0.25, 0.3) is 6.71 Å². The summed E-state index contributed by atoms with van der Waals surface area (Å²) in [6.45, 7) is 42.7. The van der Waals surface area contributed by atoms with Gasteiger partial charge in [-0.3, -0.25) is 0 Å². The van der Waals surface area contributed by atoms with Gasteiger partial charge in [0.15, 0.2) is 0 Å². The molecule has 0 spiro atoms. The fourth-order valence-corrected chi connectivity index (χ4v) is 18.0. The lowest BCUT2D eigenvalue weighted by molar-refractivity contribution is 0.569. The third kappa shape index (κ3) is 11.8. The summed E-state index contributed by atoms with van der Waals surface area (Å²) in [5.74, 6) is -0.122. The van der Waals surface area contributed by atoms with Crippen LogP contribution in [-0.2, 0) is 38.9 Å². The van der Waals surface area contributed by atoms with Crippen LogP contribution in [0.15, 0.2) is 264 Å². The molecular weight excluding hydrogens is 1320 g/mol. The molecule has 2 aromatic heterocycles. The second-order valence-corrected chi connectivity index (χ2v) is 37.7. The predicted molar refractivity (Wildman–Crippen MR) is 466 cm³/mol. The SMILES string of the molecule is CC(C)(C)c1ccc(-c2cc(C(C)(C)C)cc(C(C)(C)C)c2N2c3cc(-c4ccc5oc6ccccc6c5c4)ccc3B3c4ccc(-c5ccc6oc7ccccc7c6c5)cc4N(c4c(-c5ccc(C(C)(C)C)cc5)cc(C(C)(C)C)cc4C(C)(C)C)c4cc(C5c6ccccc6Cc6ccccc65)cc2c43)cc1. The van der Waals surface area contributed by atoms with Crippen molar-refractivity contribution in [3.05, 3.63) is 316 Å². The van der Waals surface area contributed by atoms with Crippen molar-refractivity contribution in [3.63, 3.8) is 0 Å². The van der Waals surface area contributed by atoms with Gasteiger partial charge in [0.2, 0.25) is 0 Å². The summed E-state index contributed by atoms with van der Waals surface area (Å²) in [4.78, 5) is 5.59. The molecule has 0 unspecified atom stereocenters. The number of nitrogens with zero attached hydrogens (tertiary/aromatic N) is 2. The van der Waals surface area contributed by atoms with Crippen molar-refractivity contribution >= 4 is 101 Å². The van der Waals surface area contributed by atoms with E-state index in [-0.39, 0.29) is 45.1 Å². The van der Waals surface area contributed by atoms with Crippen molar-refractivity contribution in [2.45, 2.75) is 169 Å². The quantitative estimate of drug-likeness (QED) is 0.149. The number of hydrogen-bond donors (Lipinski definition) is 0.